The van der Waals surface area contributed by atoms with Gasteiger partial charge in [-0.25, -0.2) is 13.2 Å². The number of esters is 1. The van der Waals surface area contributed by atoms with Crippen LogP contribution in [0.1, 0.15) is 34.9 Å². The number of cyclic esters (lactones) is 1. The Hall–Kier alpha value is -4.05. The number of benzene rings is 3. The maximum atomic E-state index is 12.8. The highest BCUT2D eigenvalue weighted by Gasteiger charge is 2.32. The third-order valence-electron chi connectivity index (χ3n) is 5.60. The number of ether oxygens (including phenoxy) is 3. The Balaban J connectivity index is 1.22. The van der Waals surface area contributed by atoms with Gasteiger partial charge in [-0.15, -0.1) is 0 Å². The molecule has 0 bridgehead atoms. The zero-order chi connectivity index (χ0) is 24.4. The predicted octanol–water partition coefficient (Wildman–Crippen LogP) is 3.89. The molecule has 5 rings (SSSR count). The molecule has 0 aromatic heterocycles. The Morgan fingerprint density at radius 1 is 0.914 bits per heavy atom. The van der Waals surface area contributed by atoms with E-state index in [9.17, 15) is 18.0 Å². The van der Waals surface area contributed by atoms with Crippen molar-refractivity contribution in [1.29, 1.82) is 0 Å². The van der Waals surface area contributed by atoms with Gasteiger partial charge < -0.3 is 19.5 Å². The number of amides is 1. The number of nitrogens with one attached hydrogen (secondary N) is 2. The summed E-state index contributed by atoms with van der Waals surface area (Å²) in [6.45, 7) is 0.964. The normalized spacial score (nSPS) is 16.6. The van der Waals surface area contributed by atoms with Gasteiger partial charge in [0.1, 0.15) is 6.10 Å². The van der Waals surface area contributed by atoms with Gasteiger partial charge >= 0.3 is 5.97 Å². The van der Waals surface area contributed by atoms with Crippen molar-refractivity contribution in [2.75, 3.05) is 23.3 Å². The second kappa shape index (κ2) is 9.30. The number of hydrogen-bond acceptors (Lipinski definition) is 7. The molecule has 2 N–H and O–H groups in total. The van der Waals surface area contributed by atoms with Crippen molar-refractivity contribution in [3.05, 3.63) is 77.9 Å². The maximum Gasteiger partial charge on any atom is 0.339 e. The first-order chi connectivity index (χ1) is 16.9. The quantitative estimate of drug-likeness (QED) is 0.499. The van der Waals surface area contributed by atoms with Gasteiger partial charge in [0.2, 0.25) is 5.91 Å². The standard InChI is InChI=1S/C25H22N2O7S/c28-24(15-22-19-4-1-2-5-20(19)25(29)34-22)26-16-6-8-17(9-7-16)27-35(30,31)18-10-11-21-23(14-18)33-13-3-12-32-21/h1-2,4-11,14,22,27H,3,12-13,15H2,(H,26,28)/t22-/m0/s1. The highest BCUT2D eigenvalue weighted by atomic mass is 32.2. The van der Waals surface area contributed by atoms with Gasteiger partial charge in [0, 0.05) is 29.4 Å². The average molecular weight is 495 g/mol. The maximum absolute atomic E-state index is 12.8. The van der Waals surface area contributed by atoms with E-state index in [1.807, 2.05) is 0 Å². The van der Waals surface area contributed by atoms with E-state index in [1.54, 1.807) is 54.6 Å². The van der Waals surface area contributed by atoms with Crippen LogP contribution in [0.5, 0.6) is 11.5 Å². The molecule has 0 fully saturated rings. The predicted molar refractivity (Wildman–Crippen MR) is 127 cm³/mol. The Bertz CT molecular complexity index is 1390. The highest BCUT2D eigenvalue weighted by molar-refractivity contribution is 7.92. The lowest BCUT2D eigenvalue weighted by molar-refractivity contribution is -0.118. The van der Waals surface area contributed by atoms with E-state index in [0.29, 0.717) is 47.2 Å². The SMILES string of the molecule is O=C(C[C@@H]1OC(=O)c2ccccc21)Nc1ccc(NS(=O)(=O)c2ccc3c(c2)OCCCO3)cc1. The zero-order valence-corrected chi connectivity index (χ0v) is 19.3. The smallest absolute Gasteiger partial charge is 0.339 e. The molecule has 9 nitrogen and oxygen atoms in total. The lowest BCUT2D eigenvalue weighted by Crippen LogP contribution is -2.16. The van der Waals surface area contributed by atoms with Crippen molar-refractivity contribution in [2.45, 2.75) is 23.8 Å². The summed E-state index contributed by atoms with van der Waals surface area (Å²) in [6.07, 6.45) is 0.0539. The molecule has 3 aromatic rings. The average Bonchev–Trinajstić information content (AvgIpc) is 3.00. The van der Waals surface area contributed by atoms with Crippen LogP contribution in [0.3, 0.4) is 0 Å². The number of hydrogen-bond donors (Lipinski definition) is 2. The van der Waals surface area contributed by atoms with Crippen LogP contribution in [0.25, 0.3) is 0 Å². The molecule has 2 aliphatic rings. The van der Waals surface area contributed by atoms with E-state index in [4.69, 9.17) is 14.2 Å². The first-order valence-electron chi connectivity index (χ1n) is 11.0. The number of anilines is 2. The Kier molecular flexibility index (Phi) is 6.04. The summed E-state index contributed by atoms with van der Waals surface area (Å²) in [5.41, 5.74) is 1.96. The zero-order valence-electron chi connectivity index (χ0n) is 18.5. The molecule has 0 radical (unpaired) electrons. The topological polar surface area (TPSA) is 120 Å². The first-order valence-corrected chi connectivity index (χ1v) is 12.5. The van der Waals surface area contributed by atoms with Crippen molar-refractivity contribution in [2.24, 2.45) is 0 Å². The van der Waals surface area contributed by atoms with Gasteiger partial charge in [-0.05, 0) is 42.5 Å². The molecule has 35 heavy (non-hydrogen) atoms. The van der Waals surface area contributed by atoms with Crippen LogP contribution in [0, 0.1) is 0 Å². The molecule has 0 saturated carbocycles. The number of fused-ring (bicyclic) bond motifs is 2. The molecule has 3 aromatic carbocycles. The molecule has 0 unspecified atom stereocenters. The fourth-order valence-electron chi connectivity index (χ4n) is 3.90. The fraction of sp³-hybridized carbons (Fsp3) is 0.200. The molecule has 0 spiro atoms. The molecule has 10 heteroatoms. The van der Waals surface area contributed by atoms with Gasteiger partial charge in [0.05, 0.1) is 30.1 Å². The summed E-state index contributed by atoms with van der Waals surface area (Å²) in [7, 11) is -3.87. The summed E-state index contributed by atoms with van der Waals surface area (Å²) in [4.78, 5) is 24.5. The van der Waals surface area contributed by atoms with Crippen molar-refractivity contribution >= 4 is 33.3 Å². The first kappa shape index (κ1) is 22.7. The van der Waals surface area contributed by atoms with Crippen molar-refractivity contribution in [3.8, 4) is 11.5 Å². The Morgan fingerprint density at radius 2 is 1.63 bits per heavy atom. The lowest BCUT2D eigenvalue weighted by Gasteiger charge is -2.13. The second-order valence-electron chi connectivity index (χ2n) is 8.08. The van der Waals surface area contributed by atoms with E-state index in [-0.39, 0.29) is 17.2 Å². The number of carbonyl (C=O) groups is 2. The van der Waals surface area contributed by atoms with Crippen LogP contribution < -0.4 is 19.5 Å². The van der Waals surface area contributed by atoms with E-state index in [1.165, 1.54) is 12.1 Å². The molecular weight excluding hydrogens is 472 g/mol. The summed E-state index contributed by atoms with van der Waals surface area (Å²) in [6, 6.07) is 17.7. The van der Waals surface area contributed by atoms with Gasteiger partial charge in [0.15, 0.2) is 11.5 Å². The van der Waals surface area contributed by atoms with Gasteiger partial charge in [-0.2, -0.15) is 0 Å². The second-order valence-corrected chi connectivity index (χ2v) is 9.76. The van der Waals surface area contributed by atoms with Crippen LogP contribution in [0.4, 0.5) is 11.4 Å². The third kappa shape index (κ3) is 4.92. The molecule has 180 valence electrons. The molecular formula is C25H22N2O7S. The van der Waals surface area contributed by atoms with Gasteiger partial charge in [-0.3, -0.25) is 9.52 Å². The fourth-order valence-corrected chi connectivity index (χ4v) is 4.97. The molecule has 1 atom stereocenters. The molecule has 2 aliphatic heterocycles. The van der Waals surface area contributed by atoms with E-state index in [2.05, 4.69) is 10.0 Å². The number of rotatable bonds is 6. The minimum Gasteiger partial charge on any atom is -0.490 e. The highest BCUT2D eigenvalue weighted by Crippen LogP contribution is 2.34. The largest absolute Gasteiger partial charge is 0.490 e. The molecule has 2 heterocycles. The third-order valence-corrected chi connectivity index (χ3v) is 6.98. The Labute approximate surface area is 202 Å². The monoisotopic (exact) mass is 494 g/mol. The molecule has 1 amide bonds. The minimum atomic E-state index is -3.87. The van der Waals surface area contributed by atoms with Crippen molar-refractivity contribution in [1.82, 2.24) is 0 Å². The lowest BCUT2D eigenvalue weighted by atomic mass is 10.0. The van der Waals surface area contributed by atoms with Gasteiger partial charge in [-0.1, -0.05) is 18.2 Å². The van der Waals surface area contributed by atoms with E-state index in [0.717, 1.165) is 6.42 Å². The van der Waals surface area contributed by atoms with Crippen LogP contribution >= 0.6 is 0 Å². The summed E-state index contributed by atoms with van der Waals surface area (Å²) >= 11 is 0. The summed E-state index contributed by atoms with van der Waals surface area (Å²) in [5.74, 6) is 0.125. The van der Waals surface area contributed by atoms with Crippen LogP contribution in [0.15, 0.2) is 71.6 Å². The van der Waals surface area contributed by atoms with Crippen LogP contribution in [0.2, 0.25) is 0 Å². The summed E-state index contributed by atoms with van der Waals surface area (Å²) in [5, 5.41) is 2.74. The molecule has 0 aliphatic carbocycles. The van der Waals surface area contributed by atoms with Crippen molar-refractivity contribution < 1.29 is 32.2 Å². The van der Waals surface area contributed by atoms with E-state index < -0.39 is 22.1 Å². The van der Waals surface area contributed by atoms with Crippen LogP contribution in [-0.4, -0.2) is 33.5 Å². The summed E-state index contributed by atoms with van der Waals surface area (Å²) < 4.78 is 44.6. The van der Waals surface area contributed by atoms with Gasteiger partial charge in [0.25, 0.3) is 10.0 Å². The van der Waals surface area contributed by atoms with Crippen LogP contribution in [-0.2, 0) is 19.6 Å². The van der Waals surface area contributed by atoms with E-state index >= 15 is 0 Å². The number of sulfonamides is 1. The number of carbonyl (C=O) groups excluding carboxylic acids is 2. The molecule has 0 saturated heterocycles. The van der Waals surface area contributed by atoms with Crippen molar-refractivity contribution in [3.63, 3.8) is 0 Å². The Morgan fingerprint density at radius 3 is 2.43 bits per heavy atom. The minimum absolute atomic E-state index is 0.0265.